The van der Waals surface area contributed by atoms with E-state index in [1.165, 1.54) is 0 Å². The molecule has 2 N–H and O–H groups in total. The lowest BCUT2D eigenvalue weighted by molar-refractivity contribution is 0.00652. The second-order valence-corrected chi connectivity index (χ2v) is 7.94. The fourth-order valence-corrected chi connectivity index (χ4v) is 4.40. The molecule has 0 aliphatic carbocycles. The number of ether oxygens (including phenoxy) is 1. The minimum atomic E-state index is -1.05. The third-order valence-corrected chi connectivity index (χ3v) is 5.92. The Hall–Kier alpha value is -3.06. The maximum Gasteiger partial charge on any atom is 0.233 e. The van der Waals surface area contributed by atoms with Crippen molar-refractivity contribution in [2.45, 2.75) is 50.0 Å². The van der Waals surface area contributed by atoms with Crippen LogP contribution < -0.4 is 10.1 Å². The summed E-state index contributed by atoms with van der Waals surface area (Å²) in [4.78, 5) is 4.30. The Morgan fingerprint density at radius 2 is 1.97 bits per heavy atom. The maximum atomic E-state index is 14.7. The minimum absolute atomic E-state index is 0.0936. The number of benzene rings is 1. The van der Waals surface area contributed by atoms with E-state index in [2.05, 4.69) is 20.5 Å². The lowest BCUT2D eigenvalue weighted by Crippen LogP contribution is -2.59. The number of hydrogen-bond acceptors (Lipinski definition) is 6. The molecule has 0 saturated carbocycles. The van der Waals surface area contributed by atoms with Crippen LogP contribution in [0.5, 0.6) is 11.6 Å². The van der Waals surface area contributed by atoms with Gasteiger partial charge < -0.3 is 15.2 Å². The number of phenols is 1. The zero-order valence-electron chi connectivity index (χ0n) is 16.4. The number of piperidine rings is 2. The fraction of sp³-hybridized carbons (Fsp3) is 0.348. The number of nitrogens with zero attached hydrogens (tertiary/aromatic N) is 3. The largest absolute Gasteiger partial charge is 0.507 e. The van der Waals surface area contributed by atoms with Crippen LogP contribution in [-0.4, -0.2) is 44.6 Å². The second kappa shape index (κ2) is 7.99. The van der Waals surface area contributed by atoms with E-state index >= 15 is 0 Å². The van der Waals surface area contributed by atoms with Gasteiger partial charge in [0.15, 0.2) is 6.17 Å². The van der Waals surface area contributed by atoms with Gasteiger partial charge in [0, 0.05) is 41.9 Å². The van der Waals surface area contributed by atoms with E-state index in [1.54, 1.807) is 30.5 Å². The third kappa shape index (κ3) is 3.73. The van der Waals surface area contributed by atoms with Crippen LogP contribution in [0.25, 0.3) is 22.5 Å². The quantitative estimate of drug-likeness (QED) is 0.684. The van der Waals surface area contributed by atoms with Crippen molar-refractivity contribution in [3.8, 4) is 34.1 Å². The number of fused-ring (bicyclic) bond motifs is 2. The first-order valence-electron chi connectivity index (χ1n) is 10.3. The van der Waals surface area contributed by atoms with Gasteiger partial charge in [-0.15, -0.1) is 10.2 Å². The summed E-state index contributed by atoms with van der Waals surface area (Å²) in [7, 11) is 0. The predicted molar refractivity (Wildman–Crippen MR) is 111 cm³/mol. The van der Waals surface area contributed by atoms with Crippen molar-refractivity contribution in [1.82, 2.24) is 20.5 Å². The van der Waals surface area contributed by atoms with Crippen LogP contribution in [0, 0.1) is 0 Å². The predicted octanol–water partition coefficient (Wildman–Crippen LogP) is 3.91. The van der Waals surface area contributed by atoms with Crippen molar-refractivity contribution in [2.24, 2.45) is 0 Å². The highest BCUT2D eigenvalue weighted by atomic mass is 19.1. The third-order valence-electron chi connectivity index (χ3n) is 5.92. The molecule has 2 aliphatic heterocycles. The minimum Gasteiger partial charge on any atom is -0.507 e. The number of halogens is 1. The number of phenolic OH excluding ortho intramolecular Hbond substituents is 1. The summed E-state index contributed by atoms with van der Waals surface area (Å²) in [6.45, 7) is 0. The molecule has 7 heteroatoms. The number of pyridine rings is 1. The molecule has 6 nitrogen and oxygen atoms in total. The highest BCUT2D eigenvalue weighted by Crippen LogP contribution is 2.33. The summed E-state index contributed by atoms with van der Waals surface area (Å²) in [5.41, 5.74) is 2.68. The average molecular weight is 406 g/mol. The zero-order chi connectivity index (χ0) is 20.5. The summed E-state index contributed by atoms with van der Waals surface area (Å²) in [5.74, 6) is 0.395. The van der Waals surface area contributed by atoms with Crippen LogP contribution in [0.3, 0.4) is 0 Å². The molecule has 0 radical (unpaired) electrons. The van der Waals surface area contributed by atoms with Crippen molar-refractivity contribution >= 4 is 0 Å². The van der Waals surface area contributed by atoms with E-state index in [9.17, 15) is 9.50 Å². The maximum absolute atomic E-state index is 14.7. The SMILES string of the molecule is Oc1cc(-c2ccccn2)ccc1-c1ccc(O[C@@H]2CC3CCCC(N3)[C@@H]2F)nn1. The van der Waals surface area contributed by atoms with Gasteiger partial charge >= 0.3 is 0 Å². The first-order valence-corrected chi connectivity index (χ1v) is 10.3. The molecule has 1 aromatic carbocycles. The number of aromatic hydroxyl groups is 1. The topological polar surface area (TPSA) is 80.2 Å². The lowest BCUT2D eigenvalue weighted by Gasteiger charge is -2.42. The van der Waals surface area contributed by atoms with Crippen molar-refractivity contribution in [3.05, 3.63) is 54.7 Å². The molecule has 2 bridgehead atoms. The van der Waals surface area contributed by atoms with E-state index in [0.29, 0.717) is 29.6 Å². The Bertz CT molecular complexity index is 1020. The van der Waals surface area contributed by atoms with Crippen LogP contribution in [0.15, 0.2) is 54.7 Å². The number of aromatic nitrogens is 3. The van der Waals surface area contributed by atoms with Crippen LogP contribution in [0.1, 0.15) is 25.7 Å². The molecule has 2 unspecified atom stereocenters. The number of alkyl halides is 1. The Morgan fingerprint density at radius 1 is 1.03 bits per heavy atom. The van der Waals surface area contributed by atoms with Crippen LogP contribution in [0.4, 0.5) is 4.39 Å². The van der Waals surface area contributed by atoms with Gasteiger partial charge in [-0.25, -0.2) is 4.39 Å². The molecule has 2 aromatic heterocycles. The summed E-state index contributed by atoms with van der Waals surface area (Å²) in [5, 5.41) is 22.1. The Labute approximate surface area is 174 Å². The summed E-state index contributed by atoms with van der Waals surface area (Å²) in [6, 6.07) is 14.5. The fourth-order valence-electron chi connectivity index (χ4n) is 4.40. The van der Waals surface area contributed by atoms with Crippen LogP contribution in [0.2, 0.25) is 0 Å². The zero-order valence-corrected chi connectivity index (χ0v) is 16.4. The van der Waals surface area contributed by atoms with Gasteiger partial charge in [-0.2, -0.15) is 0 Å². The van der Waals surface area contributed by atoms with Crippen molar-refractivity contribution in [3.63, 3.8) is 0 Å². The molecular weight excluding hydrogens is 383 g/mol. The van der Waals surface area contributed by atoms with E-state index in [-0.39, 0.29) is 11.8 Å². The first kappa shape index (κ1) is 18.9. The highest BCUT2D eigenvalue weighted by molar-refractivity contribution is 5.72. The van der Waals surface area contributed by atoms with Crippen LogP contribution in [-0.2, 0) is 0 Å². The lowest BCUT2D eigenvalue weighted by atomic mass is 9.84. The van der Waals surface area contributed by atoms with Gasteiger partial charge in [0.2, 0.25) is 5.88 Å². The molecule has 4 atom stereocenters. The van der Waals surface area contributed by atoms with Gasteiger partial charge in [-0.05, 0) is 43.2 Å². The molecule has 154 valence electrons. The van der Waals surface area contributed by atoms with Gasteiger partial charge in [0.25, 0.3) is 0 Å². The molecule has 3 aromatic rings. The second-order valence-electron chi connectivity index (χ2n) is 7.94. The normalized spacial score (nSPS) is 25.6. The molecule has 2 aliphatic rings. The molecule has 0 spiro atoms. The summed E-state index contributed by atoms with van der Waals surface area (Å²) < 4.78 is 20.5. The molecule has 0 amide bonds. The Kier molecular flexibility index (Phi) is 5.04. The van der Waals surface area contributed by atoms with Gasteiger partial charge in [-0.1, -0.05) is 18.6 Å². The van der Waals surface area contributed by atoms with Gasteiger partial charge in [-0.3, -0.25) is 4.98 Å². The van der Waals surface area contributed by atoms with Crippen LogP contribution >= 0.6 is 0 Å². The van der Waals surface area contributed by atoms with Crippen molar-refractivity contribution in [1.29, 1.82) is 0 Å². The molecule has 4 heterocycles. The average Bonchev–Trinajstić information content (AvgIpc) is 2.79. The van der Waals surface area contributed by atoms with Crippen molar-refractivity contribution < 1.29 is 14.2 Å². The smallest absolute Gasteiger partial charge is 0.233 e. The van der Waals surface area contributed by atoms with E-state index < -0.39 is 12.3 Å². The first-order chi connectivity index (χ1) is 14.7. The Morgan fingerprint density at radius 3 is 2.73 bits per heavy atom. The van der Waals surface area contributed by atoms with Gasteiger partial charge in [0.05, 0.1) is 11.4 Å². The number of nitrogens with one attached hydrogen (secondary N) is 1. The highest BCUT2D eigenvalue weighted by Gasteiger charge is 2.41. The number of hydrogen-bond donors (Lipinski definition) is 2. The molecule has 2 fully saturated rings. The monoisotopic (exact) mass is 406 g/mol. The van der Waals surface area contributed by atoms with E-state index in [4.69, 9.17) is 4.74 Å². The molecule has 30 heavy (non-hydrogen) atoms. The molecule has 2 saturated heterocycles. The van der Waals surface area contributed by atoms with E-state index in [1.807, 2.05) is 24.3 Å². The molecule has 5 rings (SSSR count). The summed E-state index contributed by atoms with van der Waals surface area (Å²) in [6.07, 6.45) is 3.75. The summed E-state index contributed by atoms with van der Waals surface area (Å²) >= 11 is 0. The molecular formula is C23H23FN4O2. The van der Waals surface area contributed by atoms with Crippen molar-refractivity contribution in [2.75, 3.05) is 0 Å². The Balaban J connectivity index is 1.31. The standard InChI is InChI=1S/C23H23FN4O2/c24-23-19-6-3-4-15(26-19)13-21(23)30-22-10-9-18(27-28-22)16-8-7-14(12-20(16)29)17-5-1-2-11-25-17/h1-2,5,7-12,15,19,21,23,26,29H,3-4,6,13H2/t15?,19?,21-,23+/m1/s1. The number of rotatable bonds is 4. The van der Waals surface area contributed by atoms with Gasteiger partial charge in [0.1, 0.15) is 11.9 Å². The van der Waals surface area contributed by atoms with E-state index in [0.717, 1.165) is 30.5 Å².